The average Bonchev–Trinajstić information content (AvgIpc) is 3.05. The first-order valence-electron chi connectivity index (χ1n) is 15.0. The highest BCUT2D eigenvalue weighted by atomic mass is 32.2. The van der Waals surface area contributed by atoms with E-state index in [4.69, 9.17) is 4.74 Å². The van der Waals surface area contributed by atoms with Crippen LogP contribution < -0.4 is 14.4 Å². The van der Waals surface area contributed by atoms with Crippen LogP contribution in [0.15, 0.2) is 108 Å². The molecule has 0 spiro atoms. The third-order valence-electron chi connectivity index (χ3n) is 7.54. The molecule has 0 bridgehead atoms. The van der Waals surface area contributed by atoms with Gasteiger partial charge in [-0.1, -0.05) is 84.8 Å². The van der Waals surface area contributed by atoms with Gasteiger partial charge in [0.1, 0.15) is 18.3 Å². The number of nitrogens with zero attached hydrogens (tertiary/aromatic N) is 2. The van der Waals surface area contributed by atoms with Crippen molar-refractivity contribution < 1.29 is 22.7 Å². The quantitative estimate of drug-likeness (QED) is 0.194. The van der Waals surface area contributed by atoms with Crippen LogP contribution in [0.4, 0.5) is 5.69 Å². The summed E-state index contributed by atoms with van der Waals surface area (Å²) in [5.74, 6) is -0.248. The molecule has 9 heteroatoms. The molecule has 4 aromatic rings. The maximum atomic E-state index is 14.5. The molecule has 0 unspecified atom stereocenters. The van der Waals surface area contributed by atoms with Gasteiger partial charge in [-0.25, -0.2) is 8.42 Å². The summed E-state index contributed by atoms with van der Waals surface area (Å²) < 4.78 is 34.7. The van der Waals surface area contributed by atoms with E-state index in [1.807, 2.05) is 75.4 Å². The van der Waals surface area contributed by atoms with Gasteiger partial charge >= 0.3 is 0 Å². The largest absolute Gasteiger partial charge is 0.497 e. The fourth-order valence-corrected chi connectivity index (χ4v) is 6.34. The van der Waals surface area contributed by atoms with Crippen molar-refractivity contribution in [2.24, 2.45) is 0 Å². The Labute approximate surface area is 266 Å². The van der Waals surface area contributed by atoms with Gasteiger partial charge < -0.3 is 15.0 Å². The van der Waals surface area contributed by atoms with Crippen LogP contribution in [0.2, 0.25) is 0 Å². The maximum Gasteiger partial charge on any atom is 0.264 e. The molecule has 0 radical (unpaired) electrons. The minimum Gasteiger partial charge on any atom is -0.497 e. The van der Waals surface area contributed by atoms with Crippen LogP contribution in [0, 0.1) is 13.8 Å². The van der Waals surface area contributed by atoms with Gasteiger partial charge in [0.15, 0.2) is 0 Å². The molecule has 0 aliphatic rings. The van der Waals surface area contributed by atoms with Crippen LogP contribution in [-0.4, -0.2) is 51.4 Å². The number of hydrogen-bond donors (Lipinski definition) is 1. The molecule has 2 amide bonds. The molecule has 236 valence electrons. The number of amides is 2. The summed E-state index contributed by atoms with van der Waals surface area (Å²) in [5.41, 5.74) is 3.98. The highest BCUT2D eigenvalue weighted by Crippen LogP contribution is 2.27. The van der Waals surface area contributed by atoms with Gasteiger partial charge in [0.2, 0.25) is 11.8 Å². The summed E-state index contributed by atoms with van der Waals surface area (Å²) >= 11 is 0. The Bertz CT molecular complexity index is 1660. The first kappa shape index (κ1) is 33.3. The van der Waals surface area contributed by atoms with Crippen LogP contribution in [0.5, 0.6) is 5.75 Å². The van der Waals surface area contributed by atoms with Crippen molar-refractivity contribution in [3.8, 4) is 5.75 Å². The molecule has 0 aromatic heterocycles. The number of hydrogen-bond acceptors (Lipinski definition) is 5. The van der Waals surface area contributed by atoms with E-state index >= 15 is 0 Å². The molecule has 1 N–H and O–H groups in total. The molecule has 0 heterocycles. The molecule has 4 rings (SSSR count). The molecule has 0 aliphatic heterocycles. The van der Waals surface area contributed by atoms with Crippen molar-refractivity contribution in [2.75, 3.05) is 24.5 Å². The summed E-state index contributed by atoms with van der Waals surface area (Å²) in [4.78, 5) is 29.8. The van der Waals surface area contributed by atoms with Gasteiger partial charge in [-0.05, 0) is 67.8 Å². The van der Waals surface area contributed by atoms with Gasteiger partial charge in [-0.15, -0.1) is 0 Å². The van der Waals surface area contributed by atoms with Gasteiger partial charge in [0.25, 0.3) is 10.0 Å². The third kappa shape index (κ3) is 8.73. The standard InChI is InChI=1S/C36H41N3O5S/c1-5-23-37-36(41)34(24-29-9-7-6-8-10-29)38(25-30-15-11-27(2)12-16-30)35(40)26-39(31-17-19-32(44-4)20-18-31)45(42,43)33-21-13-28(3)14-22-33/h6-22,34H,5,23-26H2,1-4H3,(H,37,41)/t34-/m1/s1. The lowest BCUT2D eigenvalue weighted by Gasteiger charge is -2.34. The molecular weight excluding hydrogens is 586 g/mol. The zero-order valence-corrected chi connectivity index (χ0v) is 27.1. The van der Waals surface area contributed by atoms with E-state index in [-0.39, 0.29) is 23.8 Å². The van der Waals surface area contributed by atoms with E-state index < -0.39 is 28.5 Å². The lowest BCUT2D eigenvalue weighted by molar-refractivity contribution is -0.140. The number of sulfonamides is 1. The Morgan fingerprint density at radius 1 is 0.800 bits per heavy atom. The van der Waals surface area contributed by atoms with E-state index in [9.17, 15) is 18.0 Å². The number of ether oxygens (including phenoxy) is 1. The van der Waals surface area contributed by atoms with Crippen molar-refractivity contribution in [2.45, 2.75) is 51.1 Å². The average molecular weight is 628 g/mol. The molecule has 4 aromatic carbocycles. The number of carbonyl (C=O) groups is 2. The minimum atomic E-state index is -4.17. The summed E-state index contributed by atoms with van der Waals surface area (Å²) in [5, 5.41) is 2.96. The normalized spacial score (nSPS) is 11.8. The summed E-state index contributed by atoms with van der Waals surface area (Å²) in [6.45, 7) is 5.88. The fourth-order valence-electron chi connectivity index (χ4n) is 4.92. The minimum absolute atomic E-state index is 0.0586. The number of benzene rings is 4. The fraction of sp³-hybridized carbons (Fsp3) is 0.278. The molecule has 0 saturated heterocycles. The first-order valence-corrected chi connectivity index (χ1v) is 16.5. The van der Waals surface area contributed by atoms with Gasteiger partial charge in [-0.2, -0.15) is 0 Å². The second-order valence-corrected chi connectivity index (χ2v) is 12.9. The summed E-state index contributed by atoms with van der Waals surface area (Å²) in [6, 6.07) is 29.4. The molecule has 0 aliphatic carbocycles. The number of rotatable bonds is 14. The second kappa shape index (κ2) is 15.4. The number of carbonyl (C=O) groups excluding carboxylic acids is 2. The Morgan fingerprint density at radius 3 is 1.98 bits per heavy atom. The monoisotopic (exact) mass is 627 g/mol. The Hall–Kier alpha value is -4.63. The first-order chi connectivity index (χ1) is 21.6. The Kier molecular flexibility index (Phi) is 11.4. The predicted molar refractivity (Wildman–Crippen MR) is 178 cm³/mol. The lowest BCUT2D eigenvalue weighted by atomic mass is 10.0. The highest BCUT2D eigenvalue weighted by molar-refractivity contribution is 7.92. The highest BCUT2D eigenvalue weighted by Gasteiger charge is 2.34. The van der Waals surface area contributed by atoms with E-state index in [0.717, 1.165) is 33.0 Å². The van der Waals surface area contributed by atoms with Gasteiger partial charge in [0, 0.05) is 19.5 Å². The van der Waals surface area contributed by atoms with E-state index in [0.29, 0.717) is 18.0 Å². The molecule has 8 nitrogen and oxygen atoms in total. The topological polar surface area (TPSA) is 96.0 Å². The van der Waals surface area contributed by atoms with Crippen molar-refractivity contribution in [1.82, 2.24) is 10.2 Å². The van der Waals surface area contributed by atoms with Crippen LogP contribution in [-0.2, 0) is 32.6 Å². The van der Waals surface area contributed by atoms with Crippen molar-refractivity contribution >= 4 is 27.5 Å². The number of aryl methyl sites for hydroxylation is 2. The van der Waals surface area contributed by atoms with Crippen LogP contribution in [0.25, 0.3) is 0 Å². The summed E-state index contributed by atoms with van der Waals surface area (Å²) in [6.07, 6.45) is 0.997. The summed E-state index contributed by atoms with van der Waals surface area (Å²) in [7, 11) is -2.65. The van der Waals surface area contributed by atoms with Crippen molar-refractivity contribution in [3.05, 3.63) is 125 Å². The Balaban J connectivity index is 1.79. The smallest absolute Gasteiger partial charge is 0.264 e. The SMILES string of the molecule is CCCNC(=O)[C@@H](Cc1ccccc1)N(Cc1ccc(C)cc1)C(=O)CN(c1ccc(OC)cc1)S(=O)(=O)c1ccc(C)cc1. The molecule has 0 fully saturated rings. The third-order valence-corrected chi connectivity index (χ3v) is 9.33. The van der Waals surface area contributed by atoms with Crippen LogP contribution in [0.1, 0.15) is 35.6 Å². The Morgan fingerprint density at radius 2 is 1.40 bits per heavy atom. The zero-order valence-electron chi connectivity index (χ0n) is 26.3. The number of nitrogens with one attached hydrogen (secondary N) is 1. The lowest BCUT2D eigenvalue weighted by Crippen LogP contribution is -2.53. The number of methoxy groups -OCH3 is 1. The van der Waals surface area contributed by atoms with Gasteiger partial charge in [0.05, 0.1) is 17.7 Å². The molecule has 0 saturated carbocycles. The maximum absolute atomic E-state index is 14.5. The van der Waals surface area contributed by atoms with E-state index in [1.54, 1.807) is 36.4 Å². The predicted octanol–water partition coefficient (Wildman–Crippen LogP) is 5.67. The second-order valence-electron chi connectivity index (χ2n) is 11.0. The molecule has 1 atom stereocenters. The van der Waals surface area contributed by atoms with Crippen molar-refractivity contribution in [1.29, 1.82) is 0 Å². The van der Waals surface area contributed by atoms with E-state index in [2.05, 4.69) is 5.32 Å². The van der Waals surface area contributed by atoms with Crippen LogP contribution in [0.3, 0.4) is 0 Å². The zero-order chi connectivity index (χ0) is 32.4. The van der Waals surface area contributed by atoms with Crippen LogP contribution >= 0.6 is 0 Å². The molecule has 45 heavy (non-hydrogen) atoms. The number of anilines is 1. The molecular formula is C36H41N3O5S. The van der Waals surface area contributed by atoms with E-state index in [1.165, 1.54) is 24.1 Å². The van der Waals surface area contributed by atoms with Gasteiger partial charge in [-0.3, -0.25) is 13.9 Å². The van der Waals surface area contributed by atoms with Crippen molar-refractivity contribution in [3.63, 3.8) is 0 Å².